The normalized spacial score (nSPS) is 34.0. The van der Waals surface area contributed by atoms with Crippen LogP contribution >= 0.6 is 0 Å². The van der Waals surface area contributed by atoms with Crippen molar-refractivity contribution in [1.82, 2.24) is 0 Å². The first kappa shape index (κ1) is 93.0. The molecule has 6 saturated heterocycles. The molecular formula is C79H91O45+. The lowest BCUT2D eigenvalue weighted by Gasteiger charge is -2.46. The first-order valence-electron chi connectivity index (χ1n) is 37.9. The van der Waals surface area contributed by atoms with E-state index >= 15 is 0 Å². The molecule has 12 rings (SSSR count). The van der Waals surface area contributed by atoms with Crippen molar-refractivity contribution in [2.45, 2.75) is 184 Å². The smallest absolute Gasteiger partial charge is 0.402 e. The van der Waals surface area contributed by atoms with Crippen molar-refractivity contribution in [2.24, 2.45) is 0 Å². The molecule has 0 unspecified atom stereocenters. The fourth-order valence-electron chi connectivity index (χ4n) is 13.7. The van der Waals surface area contributed by atoms with Crippen LogP contribution in [-0.4, -0.2) is 377 Å². The Morgan fingerprint density at radius 2 is 0.726 bits per heavy atom. The SMILES string of the molecule is COc1cc(-c2[o+]c3cc(O)cc(O[C@@H]4O[C@H](CO)[C@@H](O)[C@H](O)[C@H]4O)c3cc2O[C@@H]2O[C@H](COC(=O)/C=C/c3ccc(O[C@@H]4O[C@H](CO)[C@@H](O)[C@H](O)[C@H]4OC(=O)/C=C/c4ccc(O)c(O[C@@H]5O[C@H](CO)[C@@H](O)[C@H](O)[C@H]5O)c4)c(O)c3)[C@@H](O)[C@H](O)[C@H]2O[C@@H]2O[C@H](CO)[C@@H](O)[C@H](O)[C@H]2OC(=O)/C=C/c2ccc(O)c(O[C@@H]3O[C@H](CO)[C@@H](O)[C@H](O)[C@H]3O)c2)ccc1O. The van der Waals surface area contributed by atoms with E-state index < -0.39 is 294 Å². The molecule has 6 aliphatic rings. The summed E-state index contributed by atoms with van der Waals surface area (Å²) in [6.07, 6.45) is -51.9. The van der Waals surface area contributed by atoms with Gasteiger partial charge in [0.25, 0.3) is 0 Å². The number of aliphatic hydroxyl groups excluding tert-OH is 20. The Balaban J connectivity index is 0.799. The third-order valence-electron chi connectivity index (χ3n) is 20.7. The lowest BCUT2D eigenvalue weighted by Crippen LogP contribution is -2.65. The van der Waals surface area contributed by atoms with Crippen LogP contribution in [-0.2, 0) is 61.8 Å². The number of hydrogen-bond acceptors (Lipinski definition) is 44. The fraction of sp³-hybridized carbons (Fsp3) is 0.468. The van der Waals surface area contributed by atoms with Crippen molar-refractivity contribution < 1.29 is 222 Å². The van der Waals surface area contributed by atoms with Crippen molar-refractivity contribution in [3.8, 4) is 74.6 Å². The first-order chi connectivity index (χ1) is 59.1. The summed E-state index contributed by atoms with van der Waals surface area (Å²) in [5, 5.41) is 268. The molecule has 0 amide bonds. The Hall–Kier alpha value is -10.1. The molecule has 0 bridgehead atoms. The maximum atomic E-state index is 13.9. The van der Waals surface area contributed by atoms with Crippen LogP contribution in [0.1, 0.15) is 16.7 Å². The van der Waals surface area contributed by atoms with Gasteiger partial charge in [-0.2, -0.15) is 0 Å². The highest BCUT2D eigenvalue weighted by Gasteiger charge is 2.56. The minimum absolute atomic E-state index is 0.0242. The number of hydrogen-bond donors (Lipinski definition) is 25. The molecular weight excluding hydrogens is 1670 g/mol. The van der Waals surface area contributed by atoms with Crippen LogP contribution in [0.4, 0.5) is 0 Å². The summed E-state index contributed by atoms with van der Waals surface area (Å²) in [5.74, 6) is -9.32. The average molecular weight is 1760 g/mol. The zero-order valence-electron chi connectivity index (χ0n) is 64.5. The highest BCUT2D eigenvalue weighted by Crippen LogP contribution is 2.46. The van der Waals surface area contributed by atoms with E-state index in [4.69, 9.17) is 80.2 Å². The number of phenols is 5. The maximum absolute atomic E-state index is 13.9. The maximum Gasteiger partial charge on any atom is 0.402 e. The molecule has 676 valence electrons. The van der Waals surface area contributed by atoms with Gasteiger partial charge in [0.1, 0.15) is 152 Å². The monoisotopic (exact) mass is 1760 g/mol. The highest BCUT2D eigenvalue weighted by molar-refractivity contribution is 5.90. The lowest BCUT2D eigenvalue weighted by molar-refractivity contribution is -0.358. The van der Waals surface area contributed by atoms with Gasteiger partial charge in [-0.3, -0.25) is 0 Å². The summed E-state index contributed by atoms with van der Waals surface area (Å²) in [7, 11) is 1.19. The van der Waals surface area contributed by atoms with Crippen LogP contribution in [0.2, 0.25) is 0 Å². The molecule has 0 aliphatic carbocycles. The van der Waals surface area contributed by atoms with E-state index in [1.54, 1.807) is 0 Å². The largest absolute Gasteiger partial charge is 0.507 e. The Morgan fingerprint density at radius 3 is 1.21 bits per heavy atom. The van der Waals surface area contributed by atoms with Gasteiger partial charge in [-0.1, -0.05) is 18.2 Å². The van der Waals surface area contributed by atoms with Gasteiger partial charge in [0.15, 0.2) is 70.6 Å². The van der Waals surface area contributed by atoms with Crippen molar-refractivity contribution in [2.75, 3.05) is 46.8 Å². The minimum atomic E-state index is -2.38. The Morgan fingerprint density at radius 1 is 0.347 bits per heavy atom. The predicted molar refractivity (Wildman–Crippen MR) is 404 cm³/mol. The Bertz CT molecular complexity index is 4750. The van der Waals surface area contributed by atoms with Crippen molar-refractivity contribution in [1.29, 1.82) is 0 Å². The van der Waals surface area contributed by atoms with Crippen LogP contribution < -0.4 is 28.4 Å². The summed E-state index contributed by atoms with van der Waals surface area (Å²) in [6.45, 7) is -5.52. The summed E-state index contributed by atoms with van der Waals surface area (Å²) in [5.41, 5.74) is -0.122. The Kier molecular flexibility index (Phi) is 30.3. The number of aromatic hydroxyl groups is 5. The average Bonchev–Trinajstić information content (AvgIpc) is 0.756. The summed E-state index contributed by atoms with van der Waals surface area (Å²) in [4.78, 5) is 41.1. The molecule has 7 heterocycles. The van der Waals surface area contributed by atoms with Crippen LogP contribution in [0.15, 0.2) is 114 Å². The van der Waals surface area contributed by atoms with E-state index in [1.165, 1.54) is 37.4 Å². The number of fused-ring (bicyclic) bond motifs is 1. The molecule has 1 aromatic heterocycles. The van der Waals surface area contributed by atoms with Gasteiger partial charge < -0.3 is 203 Å². The number of rotatable bonds is 29. The molecule has 25 N–H and O–H groups in total. The third-order valence-corrected chi connectivity index (χ3v) is 20.7. The number of aliphatic hydroxyl groups is 20. The topological polar surface area (TPSA) is 716 Å². The molecule has 0 spiro atoms. The first-order valence-corrected chi connectivity index (χ1v) is 37.9. The minimum Gasteiger partial charge on any atom is -0.507 e. The predicted octanol–water partition coefficient (Wildman–Crippen LogP) is -6.57. The molecule has 0 saturated carbocycles. The van der Waals surface area contributed by atoms with Gasteiger partial charge in [0.05, 0.1) is 51.8 Å². The van der Waals surface area contributed by atoms with Gasteiger partial charge in [0, 0.05) is 36.4 Å². The fourth-order valence-corrected chi connectivity index (χ4v) is 13.7. The van der Waals surface area contributed by atoms with E-state index in [0.29, 0.717) is 0 Å². The summed E-state index contributed by atoms with van der Waals surface area (Å²) >= 11 is 0. The van der Waals surface area contributed by atoms with Gasteiger partial charge in [-0.05, 0) is 83.4 Å². The van der Waals surface area contributed by atoms with Gasteiger partial charge in [-0.15, -0.1) is 0 Å². The Labute approximate surface area is 698 Å². The number of phenolic OH excluding ortho intramolecular Hbond substituents is 5. The molecule has 6 aromatic rings. The number of esters is 3. The van der Waals surface area contributed by atoms with Crippen LogP contribution in [0.25, 0.3) is 40.5 Å². The van der Waals surface area contributed by atoms with Crippen molar-refractivity contribution in [3.05, 3.63) is 126 Å². The zero-order chi connectivity index (χ0) is 89.6. The van der Waals surface area contributed by atoms with E-state index in [1.807, 2.05) is 0 Å². The number of carbonyl (C=O) groups is 3. The third kappa shape index (κ3) is 20.7. The molecule has 6 aliphatic heterocycles. The van der Waals surface area contributed by atoms with E-state index in [0.717, 1.165) is 97.1 Å². The zero-order valence-corrected chi connectivity index (χ0v) is 64.5. The second-order valence-corrected chi connectivity index (χ2v) is 29.0. The van der Waals surface area contributed by atoms with Crippen molar-refractivity contribution >= 4 is 47.1 Å². The van der Waals surface area contributed by atoms with Crippen LogP contribution in [0, 0.1) is 0 Å². The number of carbonyl (C=O) groups excluding carboxylic acids is 3. The number of ether oxygens (including phenoxy) is 16. The van der Waals surface area contributed by atoms with E-state index in [-0.39, 0.29) is 50.5 Å². The summed E-state index contributed by atoms with van der Waals surface area (Å²) < 4.78 is 98.2. The van der Waals surface area contributed by atoms with E-state index in [2.05, 4.69) is 0 Å². The number of methoxy groups -OCH3 is 1. The van der Waals surface area contributed by atoms with Crippen LogP contribution in [0.3, 0.4) is 0 Å². The van der Waals surface area contributed by atoms with Gasteiger partial charge >= 0.3 is 29.3 Å². The molecule has 6 fully saturated rings. The van der Waals surface area contributed by atoms with E-state index in [9.17, 15) is 142 Å². The van der Waals surface area contributed by atoms with Crippen LogP contribution in [0.5, 0.6) is 63.2 Å². The van der Waals surface area contributed by atoms with Crippen molar-refractivity contribution in [3.63, 3.8) is 0 Å². The number of benzene rings is 5. The second kappa shape index (κ2) is 40.4. The molecule has 5 aromatic carbocycles. The molecule has 124 heavy (non-hydrogen) atoms. The lowest BCUT2D eigenvalue weighted by atomic mass is 9.97. The van der Waals surface area contributed by atoms with Gasteiger partial charge in [0.2, 0.25) is 37.2 Å². The van der Waals surface area contributed by atoms with Gasteiger partial charge in [-0.25, -0.2) is 18.8 Å². The molecule has 0 radical (unpaired) electrons. The molecule has 45 heteroatoms. The highest BCUT2D eigenvalue weighted by atomic mass is 16.8. The second-order valence-electron chi connectivity index (χ2n) is 29.0. The molecule has 30 atom stereocenters. The standard InChI is InChI=1S/C79H90O45/c1-108-42-19-32(8-11-35(42)86)70-45(22-34-40(110-70)20-33(85)21-41(34)112-74-67(105)61(99)55(93)46(23-80)116-74)115-78-73(124-79-72(65(103)59(97)50(27-84)120-79)123-54(92)15-7-31-3-10-37(88)44(18-31)114-76-69(107)63(101)57(95)48(25-82)118-76)66(104)60(98)51(121-78)28-109-52(90)13-5-29-4-12-39(38(89)16-29)111-77-71(64(102)58(96)49(26-83)119-77)122-53(91)14-6-30-2-9-36(87)43(17-30)113-75-68(106)62(100)56(94)47(24-81)117-75/h2-22,46-51,55-69,71-84,93-107H,23-28H2,1H3,(H4-,85,86,87,88,89,91,92)/p+1/b13-5+/t46-,47-,48-,49-,50-,51-,55-,56-,57-,58-,59-,60-,61+,62+,63+,64+,65+,66+,67-,68-,69-,71-,72-,73-,74-,75-,76-,77-,78-,79+/m1/s1. The molecule has 45 nitrogen and oxygen atoms in total. The summed E-state index contributed by atoms with van der Waals surface area (Å²) in [6, 6.07) is 17.2. The quantitative estimate of drug-likeness (QED) is 0.00898.